The van der Waals surface area contributed by atoms with Crippen LogP contribution in [0.25, 0.3) is 0 Å². The minimum atomic E-state index is -0.00613. The van der Waals surface area contributed by atoms with Gasteiger partial charge in [0.1, 0.15) is 0 Å². The van der Waals surface area contributed by atoms with Gasteiger partial charge in [0.2, 0.25) is 0 Å². The maximum Gasteiger partial charge on any atom is 0.0481 e. The van der Waals surface area contributed by atoms with E-state index < -0.39 is 0 Å². The summed E-state index contributed by atoms with van der Waals surface area (Å²) in [6, 6.07) is 15.8. The second-order valence-electron chi connectivity index (χ2n) is 7.58. The van der Waals surface area contributed by atoms with E-state index in [0.29, 0.717) is 5.92 Å². The predicted molar refractivity (Wildman–Crippen MR) is 110 cm³/mol. The number of aliphatic hydroxyl groups is 2. The molecule has 26 heavy (non-hydrogen) atoms. The molecule has 0 aliphatic carbocycles. The van der Waals surface area contributed by atoms with Gasteiger partial charge >= 0.3 is 0 Å². The molecule has 0 aromatic heterocycles. The average molecular weight is 355 g/mol. The van der Waals surface area contributed by atoms with Gasteiger partial charge in [0, 0.05) is 19.1 Å². The second kappa shape index (κ2) is 10.5. The van der Waals surface area contributed by atoms with Crippen molar-refractivity contribution in [2.45, 2.75) is 58.8 Å². The molecule has 0 radical (unpaired) electrons. The van der Waals surface area contributed by atoms with Gasteiger partial charge in [0.25, 0.3) is 0 Å². The highest BCUT2D eigenvalue weighted by Crippen LogP contribution is 2.20. The summed E-state index contributed by atoms with van der Waals surface area (Å²) >= 11 is 0. The lowest BCUT2D eigenvalue weighted by atomic mass is 9.94. The molecule has 0 bridgehead atoms. The lowest BCUT2D eigenvalue weighted by Crippen LogP contribution is -2.12. The fourth-order valence-corrected chi connectivity index (χ4v) is 3.33. The van der Waals surface area contributed by atoms with E-state index in [1.165, 1.54) is 34.2 Å². The Morgan fingerprint density at radius 3 is 2.08 bits per heavy atom. The summed E-state index contributed by atoms with van der Waals surface area (Å²) in [4.78, 5) is 0. The van der Waals surface area contributed by atoms with Crippen LogP contribution in [-0.4, -0.2) is 23.4 Å². The quantitative estimate of drug-likeness (QED) is 0.642. The number of rotatable bonds is 10. The summed E-state index contributed by atoms with van der Waals surface area (Å²) < 4.78 is 0. The van der Waals surface area contributed by atoms with E-state index in [2.05, 4.69) is 63.2 Å². The summed E-state index contributed by atoms with van der Waals surface area (Å²) in [5, 5.41) is 18.4. The van der Waals surface area contributed by atoms with E-state index in [0.717, 1.165) is 25.7 Å². The minimum absolute atomic E-state index is 0.00613. The normalized spacial score (nSPS) is 12.5. The van der Waals surface area contributed by atoms with E-state index in [1.54, 1.807) is 0 Å². The molecule has 2 aromatic carbocycles. The monoisotopic (exact) mass is 354 g/mol. The van der Waals surface area contributed by atoms with Crippen LogP contribution in [0.5, 0.6) is 0 Å². The Bertz CT molecular complexity index is 656. The molecule has 0 saturated heterocycles. The molecular formula is C24H34O2. The van der Waals surface area contributed by atoms with Gasteiger partial charge in [-0.3, -0.25) is 0 Å². The predicted octanol–water partition coefficient (Wildman–Crippen LogP) is 4.83. The first kappa shape index (κ1) is 20.7. The van der Waals surface area contributed by atoms with Crippen LogP contribution in [0, 0.1) is 12.8 Å². The van der Waals surface area contributed by atoms with Crippen molar-refractivity contribution in [1.82, 2.24) is 0 Å². The number of hydrogen-bond donors (Lipinski definition) is 2. The maximum absolute atomic E-state index is 9.18. The second-order valence-corrected chi connectivity index (χ2v) is 7.58. The van der Waals surface area contributed by atoms with Crippen molar-refractivity contribution < 1.29 is 10.2 Å². The number of aliphatic hydroxyl groups excluding tert-OH is 2. The Kier molecular flexibility index (Phi) is 8.34. The van der Waals surface area contributed by atoms with Gasteiger partial charge in [-0.2, -0.15) is 0 Å². The molecule has 0 fully saturated rings. The lowest BCUT2D eigenvalue weighted by molar-refractivity contribution is 0.144. The molecule has 2 rings (SSSR count). The molecule has 0 amide bonds. The van der Waals surface area contributed by atoms with Crippen LogP contribution in [0.4, 0.5) is 0 Å². The molecule has 2 aromatic rings. The van der Waals surface area contributed by atoms with Crippen LogP contribution in [0.1, 0.15) is 60.4 Å². The molecule has 2 heteroatoms. The van der Waals surface area contributed by atoms with Gasteiger partial charge in [0.05, 0.1) is 0 Å². The summed E-state index contributed by atoms with van der Waals surface area (Å²) in [6.45, 7) is 6.81. The molecular weight excluding hydrogens is 320 g/mol. The molecule has 0 aliphatic heterocycles. The lowest BCUT2D eigenvalue weighted by Gasteiger charge is -2.13. The van der Waals surface area contributed by atoms with Gasteiger partial charge in [-0.25, -0.2) is 0 Å². The minimum Gasteiger partial charge on any atom is -0.396 e. The summed E-state index contributed by atoms with van der Waals surface area (Å²) in [6.07, 6.45) is 5.04. The highest BCUT2D eigenvalue weighted by Gasteiger charge is 2.08. The van der Waals surface area contributed by atoms with Gasteiger partial charge in [-0.15, -0.1) is 0 Å². The molecule has 2 N–H and O–H groups in total. The van der Waals surface area contributed by atoms with Crippen molar-refractivity contribution >= 4 is 0 Å². The van der Waals surface area contributed by atoms with Crippen molar-refractivity contribution in [3.63, 3.8) is 0 Å². The van der Waals surface area contributed by atoms with E-state index >= 15 is 0 Å². The Labute approximate surface area is 158 Å². The molecule has 1 unspecified atom stereocenters. The topological polar surface area (TPSA) is 40.5 Å². The fourth-order valence-electron chi connectivity index (χ4n) is 3.33. The first-order chi connectivity index (χ1) is 12.6. The Morgan fingerprint density at radius 2 is 1.50 bits per heavy atom. The maximum atomic E-state index is 9.18. The van der Waals surface area contributed by atoms with Crippen LogP contribution >= 0.6 is 0 Å². The third-order valence-electron chi connectivity index (χ3n) is 5.61. The van der Waals surface area contributed by atoms with Gasteiger partial charge < -0.3 is 10.2 Å². The van der Waals surface area contributed by atoms with E-state index in [4.69, 9.17) is 0 Å². The van der Waals surface area contributed by atoms with Gasteiger partial charge in [-0.05, 0) is 72.8 Å². The third-order valence-corrected chi connectivity index (χ3v) is 5.61. The zero-order valence-electron chi connectivity index (χ0n) is 16.5. The molecule has 0 saturated carbocycles. The van der Waals surface area contributed by atoms with E-state index in [9.17, 15) is 10.2 Å². The Morgan fingerprint density at radius 1 is 0.846 bits per heavy atom. The Hall–Kier alpha value is -1.64. The van der Waals surface area contributed by atoms with E-state index in [1.807, 2.05) is 0 Å². The number of benzene rings is 2. The first-order valence-electron chi connectivity index (χ1n) is 9.96. The average Bonchev–Trinajstić information content (AvgIpc) is 2.68. The smallest absolute Gasteiger partial charge is 0.0481 e. The third kappa shape index (κ3) is 5.96. The zero-order valence-corrected chi connectivity index (χ0v) is 16.5. The summed E-state index contributed by atoms with van der Waals surface area (Å²) in [5.41, 5.74) is 6.86. The molecule has 2 nitrogen and oxygen atoms in total. The standard InChI is InChI=1S/C24H34O2/c1-4-18(2)23-11-7-20(8-12-23)9-13-24-14-10-21(15-19(24)3)5-6-22(16-25)17-26/h7-8,10-12,14-15,18,22,25-26H,4-6,9,13,16-17H2,1-3H3. The van der Waals surface area contributed by atoms with Gasteiger partial charge in [0.15, 0.2) is 0 Å². The molecule has 0 heterocycles. The molecule has 0 aliphatic rings. The van der Waals surface area contributed by atoms with Crippen molar-refractivity contribution in [3.05, 3.63) is 70.3 Å². The van der Waals surface area contributed by atoms with Crippen molar-refractivity contribution in [3.8, 4) is 0 Å². The number of aryl methyl sites for hydroxylation is 4. The van der Waals surface area contributed by atoms with Crippen molar-refractivity contribution in [1.29, 1.82) is 0 Å². The largest absolute Gasteiger partial charge is 0.396 e. The first-order valence-corrected chi connectivity index (χ1v) is 9.96. The van der Waals surface area contributed by atoms with Crippen molar-refractivity contribution in [2.24, 2.45) is 5.92 Å². The van der Waals surface area contributed by atoms with Gasteiger partial charge in [-0.1, -0.05) is 56.3 Å². The van der Waals surface area contributed by atoms with Crippen LogP contribution in [0.15, 0.2) is 42.5 Å². The van der Waals surface area contributed by atoms with Crippen LogP contribution in [0.2, 0.25) is 0 Å². The van der Waals surface area contributed by atoms with Crippen molar-refractivity contribution in [2.75, 3.05) is 13.2 Å². The summed E-state index contributed by atoms with van der Waals surface area (Å²) in [7, 11) is 0. The summed E-state index contributed by atoms with van der Waals surface area (Å²) in [5.74, 6) is 0.628. The van der Waals surface area contributed by atoms with Crippen LogP contribution < -0.4 is 0 Å². The number of hydrogen-bond acceptors (Lipinski definition) is 2. The Balaban J connectivity index is 1.91. The molecule has 142 valence electrons. The SMILES string of the molecule is CCC(C)c1ccc(CCc2ccc(CCC(CO)CO)cc2C)cc1. The van der Waals surface area contributed by atoms with E-state index in [-0.39, 0.29) is 19.1 Å². The van der Waals surface area contributed by atoms with Crippen LogP contribution in [-0.2, 0) is 19.3 Å². The molecule has 0 spiro atoms. The zero-order chi connectivity index (χ0) is 18.9. The highest BCUT2D eigenvalue weighted by molar-refractivity contribution is 5.33. The fraction of sp³-hybridized carbons (Fsp3) is 0.500. The highest BCUT2D eigenvalue weighted by atomic mass is 16.3. The van der Waals surface area contributed by atoms with Crippen LogP contribution in [0.3, 0.4) is 0 Å². The molecule has 1 atom stereocenters.